The number of carbonyl (C=O) groups is 1. The van der Waals surface area contributed by atoms with Crippen LogP contribution >= 0.6 is 0 Å². The average Bonchev–Trinajstić information content (AvgIpc) is 2.19. The molecule has 14 heavy (non-hydrogen) atoms. The molecule has 1 N–H and O–H groups in total. The summed E-state index contributed by atoms with van der Waals surface area (Å²) in [5, 5.41) is 8.46. The molecule has 0 heterocycles. The molecule has 0 aromatic heterocycles. The number of halogens is 1. The molecule has 0 spiro atoms. The van der Waals surface area contributed by atoms with Gasteiger partial charge in [0.05, 0.1) is 0 Å². The van der Waals surface area contributed by atoms with E-state index in [1.807, 2.05) is 0 Å². The highest BCUT2D eigenvalue weighted by Crippen LogP contribution is 2.28. The first-order valence-electron chi connectivity index (χ1n) is 4.15. The van der Waals surface area contributed by atoms with Gasteiger partial charge in [-0.2, -0.15) is 4.39 Å². The Hall–Kier alpha value is -0.940. The number of carboxylic acids is 1. The lowest BCUT2D eigenvalue weighted by Gasteiger charge is -2.30. The van der Waals surface area contributed by atoms with E-state index < -0.39 is 17.6 Å². The minimum absolute atomic E-state index is 0.0718. The first-order valence-corrected chi connectivity index (χ1v) is 4.15. The lowest BCUT2D eigenvalue weighted by Crippen LogP contribution is -2.35. The largest absolute Gasteiger partial charge is 0.476 e. The van der Waals surface area contributed by atoms with Gasteiger partial charge in [0.15, 0.2) is 5.79 Å². The Labute approximate surface area is 82.3 Å². The maximum absolute atomic E-state index is 13.1. The first-order chi connectivity index (χ1) is 6.45. The van der Waals surface area contributed by atoms with Gasteiger partial charge in [-0.15, -0.1) is 0 Å². The topological polar surface area (TPSA) is 55.8 Å². The zero-order chi connectivity index (χ0) is 11.4. The van der Waals surface area contributed by atoms with Crippen LogP contribution in [0.3, 0.4) is 0 Å². The highest BCUT2D eigenvalue weighted by atomic mass is 19.1. The lowest BCUT2D eigenvalue weighted by atomic mass is 10.0. The fraction of sp³-hybridized carbons (Fsp3) is 0.667. The van der Waals surface area contributed by atoms with Gasteiger partial charge in [-0.3, -0.25) is 0 Å². The molecular weight excluding hydrogens is 191 g/mol. The van der Waals surface area contributed by atoms with E-state index in [9.17, 15) is 9.18 Å². The summed E-state index contributed by atoms with van der Waals surface area (Å²) in [6, 6.07) is 0. The third-order valence-corrected chi connectivity index (χ3v) is 2.21. The minimum atomic E-state index is -1.62. The van der Waals surface area contributed by atoms with Crippen molar-refractivity contribution in [2.24, 2.45) is 0 Å². The van der Waals surface area contributed by atoms with Crippen LogP contribution in [0.5, 0.6) is 0 Å². The summed E-state index contributed by atoms with van der Waals surface area (Å²) >= 11 is 0. The van der Waals surface area contributed by atoms with Crippen molar-refractivity contribution in [3.05, 3.63) is 11.4 Å². The van der Waals surface area contributed by atoms with Gasteiger partial charge in [-0.25, -0.2) is 4.79 Å². The molecule has 5 heteroatoms. The molecule has 0 amide bonds. The maximum Gasteiger partial charge on any atom is 0.364 e. The number of ether oxygens (including phenoxy) is 2. The molecule has 0 aliphatic carbocycles. The van der Waals surface area contributed by atoms with Crippen molar-refractivity contribution in [3.8, 4) is 0 Å². The van der Waals surface area contributed by atoms with Crippen molar-refractivity contribution in [3.63, 3.8) is 0 Å². The van der Waals surface area contributed by atoms with Gasteiger partial charge < -0.3 is 14.6 Å². The zero-order valence-electron chi connectivity index (χ0n) is 8.76. The Bertz CT molecular complexity index is 235. The minimum Gasteiger partial charge on any atom is -0.476 e. The van der Waals surface area contributed by atoms with E-state index >= 15 is 0 Å². The van der Waals surface area contributed by atoms with Crippen molar-refractivity contribution in [1.82, 2.24) is 0 Å². The van der Waals surface area contributed by atoms with Crippen molar-refractivity contribution in [1.29, 1.82) is 0 Å². The number of rotatable bonds is 5. The lowest BCUT2D eigenvalue weighted by molar-refractivity contribution is -0.181. The van der Waals surface area contributed by atoms with Gasteiger partial charge >= 0.3 is 5.97 Å². The number of aliphatic carboxylic acids is 1. The SMILES string of the molecule is CCC(OC)(OC)C(C)=C(F)C(=O)O. The van der Waals surface area contributed by atoms with E-state index in [1.165, 1.54) is 21.1 Å². The van der Waals surface area contributed by atoms with E-state index in [4.69, 9.17) is 14.6 Å². The Morgan fingerprint density at radius 3 is 2.07 bits per heavy atom. The summed E-state index contributed by atoms with van der Waals surface area (Å²) in [7, 11) is 2.68. The fourth-order valence-electron chi connectivity index (χ4n) is 1.27. The van der Waals surface area contributed by atoms with Crippen molar-refractivity contribution < 1.29 is 23.8 Å². The monoisotopic (exact) mass is 206 g/mol. The third kappa shape index (κ3) is 2.30. The van der Waals surface area contributed by atoms with Crippen molar-refractivity contribution >= 4 is 5.97 Å². The van der Waals surface area contributed by atoms with E-state index in [0.717, 1.165) is 0 Å². The highest BCUT2D eigenvalue weighted by Gasteiger charge is 2.34. The maximum atomic E-state index is 13.1. The van der Waals surface area contributed by atoms with Crippen molar-refractivity contribution in [2.45, 2.75) is 26.1 Å². The second-order valence-corrected chi connectivity index (χ2v) is 2.76. The predicted molar refractivity (Wildman–Crippen MR) is 48.5 cm³/mol. The molecule has 0 radical (unpaired) electrons. The normalized spacial score (nSPS) is 13.8. The number of carboxylic acid groups (broad SMARTS) is 1. The average molecular weight is 206 g/mol. The summed E-state index contributed by atoms with van der Waals surface area (Å²) in [4.78, 5) is 10.4. The molecule has 0 saturated heterocycles. The summed E-state index contributed by atoms with van der Waals surface area (Å²) in [6.07, 6.45) is 0.326. The third-order valence-electron chi connectivity index (χ3n) is 2.21. The molecule has 0 aliphatic heterocycles. The van der Waals surface area contributed by atoms with Crippen LogP contribution in [-0.4, -0.2) is 31.1 Å². The van der Waals surface area contributed by atoms with Crippen LogP contribution in [-0.2, 0) is 14.3 Å². The Balaban J connectivity index is 5.22. The molecule has 0 bridgehead atoms. The first kappa shape index (κ1) is 13.1. The molecule has 0 atom stereocenters. The van der Waals surface area contributed by atoms with E-state index in [0.29, 0.717) is 6.42 Å². The predicted octanol–water partition coefficient (Wildman–Crippen LogP) is 1.71. The van der Waals surface area contributed by atoms with E-state index in [-0.39, 0.29) is 5.57 Å². The fourth-order valence-corrected chi connectivity index (χ4v) is 1.27. The summed E-state index contributed by atoms with van der Waals surface area (Å²) in [5.41, 5.74) is -0.0718. The molecule has 0 fully saturated rings. The van der Waals surface area contributed by atoms with Crippen LogP contribution in [0.4, 0.5) is 4.39 Å². The zero-order valence-corrected chi connectivity index (χ0v) is 8.76. The van der Waals surface area contributed by atoms with Crippen LogP contribution in [0, 0.1) is 0 Å². The summed E-state index contributed by atoms with van der Waals surface area (Å²) in [5.74, 6) is -4.15. The Morgan fingerprint density at radius 2 is 1.86 bits per heavy atom. The van der Waals surface area contributed by atoms with Gasteiger partial charge in [0.1, 0.15) is 0 Å². The summed E-state index contributed by atoms with van der Waals surface area (Å²) < 4.78 is 23.1. The van der Waals surface area contributed by atoms with Crippen LogP contribution in [0.1, 0.15) is 20.3 Å². The summed E-state index contributed by atoms with van der Waals surface area (Å²) in [6.45, 7) is 3.05. The number of hydrogen-bond donors (Lipinski definition) is 1. The second kappa shape index (κ2) is 5.07. The van der Waals surface area contributed by atoms with Gasteiger partial charge in [0.25, 0.3) is 0 Å². The molecule has 0 aliphatic rings. The smallest absolute Gasteiger partial charge is 0.364 e. The van der Waals surface area contributed by atoms with Crippen LogP contribution in [0.25, 0.3) is 0 Å². The quantitative estimate of drug-likeness (QED) is 0.549. The molecule has 0 saturated carbocycles. The van der Waals surface area contributed by atoms with E-state index in [2.05, 4.69) is 0 Å². The number of methoxy groups -OCH3 is 2. The molecule has 4 nitrogen and oxygen atoms in total. The molecule has 0 rings (SSSR count). The van der Waals surface area contributed by atoms with Crippen LogP contribution in [0.15, 0.2) is 11.4 Å². The Morgan fingerprint density at radius 1 is 1.43 bits per heavy atom. The van der Waals surface area contributed by atoms with Gasteiger partial charge in [-0.1, -0.05) is 6.92 Å². The standard InChI is InChI=1S/C9H15FO4/c1-5-9(13-3,14-4)6(2)7(10)8(11)12/h5H2,1-4H3,(H,11,12). The molecule has 0 unspecified atom stereocenters. The molecule has 0 aromatic rings. The van der Waals surface area contributed by atoms with E-state index in [1.54, 1.807) is 6.92 Å². The van der Waals surface area contributed by atoms with Gasteiger partial charge in [0.2, 0.25) is 5.83 Å². The Kier molecular flexibility index (Phi) is 4.73. The molecule has 0 aromatic carbocycles. The molecular formula is C9H15FO4. The van der Waals surface area contributed by atoms with Gasteiger partial charge in [-0.05, 0) is 6.92 Å². The molecule has 82 valence electrons. The second-order valence-electron chi connectivity index (χ2n) is 2.76. The van der Waals surface area contributed by atoms with Crippen LogP contribution in [0.2, 0.25) is 0 Å². The highest BCUT2D eigenvalue weighted by molar-refractivity contribution is 5.85. The number of hydrogen-bond acceptors (Lipinski definition) is 3. The van der Waals surface area contributed by atoms with Crippen LogP contribution < -0.4 is 0 Å². The van der Waals surface area contributed by atoms with Gasteiger partial charge in [0, 0.05) is 26.2 Å². The van der Waals surface area contributed by atoms with Crippen molar-refractivity contribution in [2.75, 3.05) is 14.2 Å².